The van der Waals surface area contributed by atoms with E-state index >= 15 is 0 Å². The van der Waals surface area contributed by atoms with Crippen LogP contribution < -0.4 is 0 Å². The Morgan fingerprint density at radius 1 is 1.33 bits per heavy atom. The van der Waals surface area contributed by atoms with E-state index in [1.165, 1.54) is 17.8 Å². The average Bonchev–Trinajstić information content (AvgIpc) is 2.34. The van der Waals surface area contributed by atoms with Crippen molar-refractivity contribution in [1.29, 1.82) is 0 Å². The van der Waals surface area contributed by atoms with Crippen LogP contribution in [0.3, 0.4) is 0 Å². The van der Waals surface area contributed by atoms with E-state index in [1.54, 1.807) is 0 Å². The number of hydrogen-bond acceptors (Lipinski definition) is 3. The summed E-state index contributed by atoms with van der Waals surface area (Å²) in [4.78, 5) is 9.55. The van der Waals surface area contributed by atoms with Crippen LogP contribution in [0.1, 0.15) is 25.1 Å². The van der Waals surface area contributed by atoms with E-state index in [9.17, 15) is 0 Å². The zero-order valence-electron chi connectivity index (χ0n) is 12.1. The third-order valence-corrected chi connectivity index (χ3v) is 3.84. The van der Waals surface area contributed by atoms with Gasteiger partial charge in [0.25, 0.3) is 0 Å². The number of hydrogen-bond donors (Lipinski definition) is 0. The monoisotopic (exact) mass is 247 g/mol. The number of pyridine rings is 1. The van der Waals surface area contributed by atoms with Crippen LogP contribution in [0, 0.1) is 12.8 Å². The van der Waals surface area contributed by atoms with Gasteiger partial charge < -0.3 is 4.90 Å². The van der Waals surface area contributed by atoms with Gasteiger partial charge in [0.2, 0.25) is 0 Å². The predicted octanol–water partition coefficient (Wildman–Crippen LogP) is 2.16. The largest absolute Gasteiger partial charge is 0.304 e. The highest BCUT2D eigenvalue weighted by molar-refractivity contribution is 5.12. The maximum Gasteiger partial charge on any atom is 0.0544 e. The number of nitrogens with zero attached hydrogens (tertiary/aromatic N) is 3. The van der Waals surface area contributed by atoms with Crippen molar-refractivity contribution in [3.05, 3.63) is 29.6 Å². The SMILES string of the molecule is Cc1ccc(CN2CCN(C)C[C@H]2C(C)C)nc1. The third-order valence-electron chi connectivity index (χ3n) is 3.84. The van der Waals surface area contributed by atoms with Crippen LogP contribution in [0.2, 0.25) is 0 Å². The standard InChI is InChI=1S/C15H25N3/c1-12(2)15-11-17(4)7-8-18(15)10-14-6-5-13(3)9-16-14/h5-6,9,12,15H,7-8,10-11H2,1-4H3/t15-/m0/s1. The minimum absolute atomic E-state index is 0.645. The molecule has 0 saturated carbocycles. The van der Waals surface area contributed by atoms with E-state index in [0.717, 1.165) is 19.6 Å². The summed E-state index contributed by atoms with van der Waals surface area (Å²) < 4.78 is 0. The Morgan fingerprint density at radius 2 is 2.11 bits per heavy atom. The smallest absolute Gasteiger partial charge is 0.0544 e. The quantitative estimate of drug-likeness (QED) is 0.816. The number of aromatic nitrogens is 1. The normalized spacial score (nSPS) is 22.6. The first-order chi connectivity index (χ1) is 8.56. The molecule has 1 fully saturated rings. The van der Waals surface area contributed by atoms with Gasteiger partial charge in [-0.1, -0.05) is 19.9 Å². The van der Waals surface area contributed by atoms with Gasteiger partial charge in [-0.25, -0.2) is 0 Å². The van der Waals surface area contributed by atoms with Crippen molar-refractivity contribution in [2.45, 2.75) is 33.4 Å². The number of piperazine rings is 1. The molecule has 1 saturated heterocycles. The van der Waals surface area contributed by atoms with Crippen LogP contribution >= 0.6 is 0 Å². The van der Waals surface area contributed by atoms with E-state index in [4.69, 9.17) is 0 Å². The lowest BCUT2D eigenvalue weighted by molar-refractivity contribution is 0.0561. The molecule has 0 bridgehead atoms. The van der Waals surface area contributed by atoms with Gasteiger partial charge >= 0.3 is 0 Å². The first kappa shape index (κ1) is 13.5. The molecule has 1 aromatic rings. The molecule has 18 heavy (non-hydrogen) atoms. The second kappa shape index (κ2) is 5.81. The molecule has 0 radical (unpaired) electrons. The molecule has 1 aromatic heterocycles. The minimum Gasteiger partial charge on any atom is -0.304 e. The average molecular weight is 247 g/mol. The molecule has 0 unspecified atom stereocenters. The van der Waals surface area contributed by atoms with E-state index in [1.807, 2.05) is 6.20 Å². The first-order valence-corrected chi connectivity index (χ1v) is 6.90. The van der Waals surface area contributed by atoms with Crippen LogP contribution in [0.5, 0.6) is 0 Å². The van der Waals surface area contributed by atoms with Gasteiger partial charge in [-0.3, -0.25) is 9.88 Å². The molecule has 0 N–H and O–H groups in total. The zero-order valence-corrected chi connectivity index (χ0v) is 12.1. The van der Waals surface area contributed by atoms with Crippen LogP contribution in [0.25, 0.3) is 0 Å². The summed E-state index contributed by atoms with van der Waals surface area (Å²) in [6.45, 7) is 11.2. The molecule has 3 nitrogen and oxygen atoms in total. The van der Waals surface area contributed by atoms with Crippen molar-refractivity contribution in [1.82, 2.24) is 14.8 Å². The molecule has 0 amide bonds. The lowest BCUT2D eigenvalue weighted by atomic mass is 9.99. The molecule has 2 rings (SSSR count). The van der Waals surface area contributed by atoms with Crippen molar-refractivity contribution in [2.75, 3.05) is 26.7 Å². The van der Waals surface area contributed by atoms with E-state index in [2.05, 4.69) is 54.7 Å². The minimum atomic E-state index is 0.645. The highest BCUT2D eigenvalue weighted by Gasteiger charge is 2.27. The fourth-order valence-corrected chi connectivity index (χ4v) is 2.62. The molecule has 2 heterocycles. The second-order valence-electron chi connectivity index (χ2n) is 5.87. The van der Waals surface area contributed by atoms with Gasteiger partial charge in [-0.15, -0.1) is 0 Å². The van der Waals surface area contributed by atoms with Gasteiger partial charge in [0.1, 0.15) is 0 Å². The Labute approximate surface area is 111 Å². The zero-order chi connectivity index (χ0) is 13.1. The van der Waals surface area contributed by atoms with E-state index < -0.39 is 0 Å². The lowest BCUT2D eigenvalue weighted by Gasteiger charge is -2.42. The predicted molar refractivity (Wildman–Crippen MR) is 75.5 cm³/mol. The summed E-state index contributed by atoms with van der Waals surface area (Å²) in [6.07, 6.45) is 1.97. The fourth-order valence-electron chi connectivity index (χ4n) is 2.62. The van der Waals surface area contributed by atoms with Gasteiger partial charge in [-0.2, -0.15) is 0 Å². The number of likely N-dealkylation sites (N-methyl/N-ethyl adjacent to an activating group) is 1. The van der Waals surface area contributed by atoms with Crippen molar-refractivity contribution >= 4 is 0 Å². The van der Waals surface area contributed by atoms with E-state index in [-0.39, 0.29) is 0 Å². The third kappa shape index (κ3) is 3.30. The van der Waals surface area contributed by atoms with Gasteiger partial charge in [0.15, 0.2) is 0 Å². The molecule has 1 atom stereocenters. The second-order valence-corrected chi connectivity index (χ2v) is 5.87. The molecule has 3 heteroatoms. The summed E-state index contributed by atoms with van der Waals surface area (Å²) in [5.41, 5.74) is 2.42. The molecular formula is C15H25N3. The van der Waals surface area contributed by atoms with Gasteiger partial charge in [0, 0.05) is 38.4 Å². The van der Waals surface area contributed by atoms with Crippen molar-refractivity contribution < 1.29 is 0 Å². The number of aryl methyl sites for hydroxylation is 1. The molecule has 0 aromatic carbocycles. The summed E-state index contributed by atoms with van der Waals surface area (Å²) >= 11 is 0. The highest BCUT2D eigenvalue weighted by Crippen LogP contribution is 2.18. The Bertz CT molecular complexity index is 372. The van der Waals surface area contributed by atoms with Crippen LogP contribution in [-0.4, -0.2) is 47.5 Å². The highest BCUT2D eigenvalue weighted by atomic mass is 15.3. The van der Waals surface area contributed by atoms with Crippen LogP contribution in [0.15, 0.2) is 18.3 Å². The number of rotatable bonds is 3. The summed E-state index contributed by atoms with van der Waals surface area (Å²) in [5, 5.41) is 0. The summed E-state index contributed by atoms with van der Waals surface area (Å²) in [5.74, 6) is 0.693. The Kier molecular flexibility index (Phi) is 4.36. The molecule has 1 aliphatic rings. The molecule has 1 aliphatic heterocycles. The van der Waals surface area contributed by atoms with Crippen molar-refractivity contribution in [3.8, 4) is 0 Å². The summed E-state index contributed by atoms with van der Waals surface area (Å²) in [7, 11) is 2.22. The molecule has 0 spiro atoms. The Morgan fingerprint density at radius 3 is 2.72 bits per heavy atom. The molecule has 0 aliphatic carbocycles. The van der Waals surface area contributed by atoms with Crippen LogP contribution in [0.4, 0.5) is 0 Å². The van der Waals surface area contributed by atoms with Crippen molar-refractivity contribution in [2.24, 2.45) is 5.92 Å². The Balaban J connectivity index is 2.04. The first-order valence-electron chi connectivity index (χ1n) is 6.90. The maximum atomic E-state index is 4.53. The van der Waals surface area contributed by atoms with Gasteiger partial charge in [-0.05, 0) is 31.5 Å². The van der Waals surface area contributed by atoms with Crippen LogP contribution in [-0.2, 0) is 6.54 Å². The molecule has 100 valence electrons. The molecular weight excluding hydrogens is 222 g/mol. The fraction of sp³-hybridized carbons (Fsp3) is 0.667. The van der Waals surface area contributed by atoms with E-state index in [0.29, 0.717) is 12.0 Å². The Hall–Kier alpha value is -0.930. The lowest BCUT2D eigenvalue weighted by Crippen LogP contribution is -2.53. The maximum absolute atomic E-state index is 4.53. The topological polar surface area (TPSA) is 19.4 Å². The summed E-state index contributed by atoms with van der Waals surface area (Å²) in [6, 6.07) is 4.96. The van der Waals surface area contributed by atoms with Crippen molar-refractivity contribution in [3.63, 3.8) is 0 Å². The van der Waals surface area contributed by atoms with Gasteiger partial charge in [0.05, 0.1) is 5.69 Å².